The number of aromatic nitrogens is 4. The van der Waals surface area contributed by atoms with Gasteiger partial charge in [-0.05, 0) is 38.0 Å². The van der Waals surface area contributed by atoms with E-state index in [1.165, 1.54) is 4.52 Å². The molecule has 3 aromatic rings. The summed E-state index contributed by atoms with van der Waals surface area (Å²) in [4.78, 5) is 16.1. The van der Waals surface area contributed by atoms with E-state index in [2.05, 4.69) is 44.8 Å². The maximum Gasteiger partial charge on any atom is 0.359 e. The molecule has 10 nitrogen and oxygen atoms in total. The van der Waals surface area contributed by atoms with Crippen LogP contribution in [0.5, 0.6) is 0 Å². The van der Waals surface area contributed by atoms with E-state index >= 15 is 0 Å². The highest BCUT2D eigenvalue weighted by atomic mass is 32.2. The average Bonchev–Trinajstić information content (AvgIpc) is 3.49. The summed E-state index contributed by atoms with van der Waals surface area (Å²) in [6.07, 6.45) is 6.84. The molecule has 0 unspecified atom stereocenters. The zero-order chi connectivity index (χ0) is 24.7. The molecule has 34 heavy (non-hydrogen) atoms. The fourth-order valence-electron chi connectivity index (χ4n) is 3.32. The summed E-state index contributed by atoms with van der Waals surface area (Å²) < 4.78 is 32.2. The van der Waals surface area contributed by atoms with Gasteiger partial charge in [0, 0.05) is 18.0 Å². The third kappa shape index (κ3) is 6.51. The summed E-state index contributed by atoms with van der Waals surface area (Å²) in [6, 6.07) is 4.08. The van der Waals surface area contributed by atoms with Gasteiger partial charge >= 0.3 is 5.97 Å². The third-order valence-electron chi connectivity index (χ3n) is 5.19. The van der Waals surface area contributed by atoms with Gasteiger partial charge in [0.2, 0.25) is 10.0 Å². The number of rotatable bonds is 13. The van der Waals surface area contributed by atoms with Crippen LogP contribution in [-0.2, 0) is 21.3 Å². The molecule has 0 saturated heterocycles. The van der Waals surface area contributed by atoms with Gasteiger partial charge in [-0.15, -0.1) is 21.5 Å². The zero-order valence-electron chi connectivity index (χ0n) is 20.1. The number of nitrogens with zero attached hydrogens (tertiary/aromatic N) is 5. The lowest BCUT2D eigenvalue weighted by Gasteiger charge is -2.20. The number of hydrogen-bond acceptors (Lipinski definition) is 9. The molecular weight excluding hydrogens is 476 g/mol. The molecule has 0 aliphatic heterocycles. The second kappa shape index (κ2) is 11.7. The Hall–Kier alpha value is -2.57. The Morgan fingerprint density at radius 1 is 1.21 bits per heavy atom. The van der Waals surface area contributed by atoms with Crippen LogP contribution in [0.2, 0.25) is 0 Å². The van der Waals surface area contributed by atoms with Crippen molar-refractivity contribution in [3.05, 3.63) is 33.7 Å². The standard InChI is InChI=1S/C22H32N6O4S2/c1-5-8-12-27(7-3)19-11-10-16(33-19)14-17-20(22(29)32-13-9-6-2)26-28-18(24-25-21(17)28)15-23-34(4,30)31/h10-11,14,23H,5-9,12-13,15H2,1-4H3/b17-14-. The van der Waals surface area contributed by atoms with E-state index < -0.39 is 16.0 Å². The smallest absolute Gasteiger partial charge is 0.359 e. The van der Waals surface area contributed by atoms with Gasteiger partial charge in [-0.25, -0.2) is 17.9 Å². The van der Waals surface area contributed by atoms with Gasteiger partial charge < -0.3 is 9.64 Å². The number of thiophene rings is 1. The summed E-state index contributed by atoms with van der Waals surface area (Å²) >= 11 is 1.63. The number of unbranched alkanes of at least 4 members (excludes halogenated alkanes) is 2. The Bertz CT molecular complexity index is 1270. The van der Waals surface area contributed by atoms with Crippen LogP contribution in [0.3, 0.4) is 0 Å². The van der Waals surface area contributed by atoms with Gasteiger partial charge in [0.15, 0.2) is 17.2 Å². The molecule has 3 heterocycles. The van der Waals surface area contributed by atoms with Crippen LogP contribution in [0.25, 0.3) is 11.7 Å². The van der Waals surface area contributed by atoms with Crippen molar-refractivity contribution in [3.63, 3.8) is 0 Å². The van der Waals surface area contributed by atoms with Crippen molar-refractivity contribution in [2.45, 2.75) is 53.0 Å². The van der Waals surface area contributed by atoms with Crippen molar-refractivity contribution in [1.29, 1.82) is 0 Å². The number of ether oxygens (including phenoxy) is 1. The molecule has 1 N–H and O–H groups in total. The van der Waals surface area contributed by atoms with Gasteiger partial charge in [0.25, 0.3) is 0 Å². The molecule has 3 rings (SSSR count). The number of esters is 1. The molecular formula is C22H32N6O4S2. The minimum absolute atomic E-state index is 0.0905. The molecule has 3 aromatic heterocycles. The van der Waals surface area contributed by atoms with Crippen LogP contribution in [0.1, 0.15) is 67.6 Å². The van der Waals surface area contributed by atoms with Crippen molar-refractivity contribution in [3.8, 4) is 0 Å². The van der Waals surface area contributed by atoms with E-state index in [0.29, 0.717) is 17.5 Å². The molecule has 0 fully saturated rings. The molecule has 0 bridgehead atoms. The van der Waals surface area contributed by atoms with Gasteiger partial charge in [-0.2, -0.15) is 9.61 Å². The first-order valence-corrected chi connectivity index (χ1v) is 14.2. The van der Waals surface area contributed by atoms with Crippen LogP contribution >= 0.6 is 11.3 Å². The molecule has 186 valence electrons. The second-order valence-electron chi connectivity index (χ2n) is 7.95. The van der Waals surface area contributed by atoms with Crippen molar-refractivity contribution in [2.75, 3.05) is 30.9 Å². The monoisotopic (exact) mass is 508 g/mol. The Morgan fingerprint density at radius 3 is 2.65 bits per heavy atom. The number of carbonyl (C=O) groups excluding carboxylic acids is 1. The number of nitrogens with one attached hydrogen (secondary N) is 1. The van der Waals surface area contributed by atoms with E-state index in [1.54, 1.807) is 11.3 Å². The van der Waals surface area contributed by atoms with Gasteiger partial charge in [-0.1, -0.05) is 26.7 Å². The summed E-state index contributed by atoms with van der Waals surface area (Å²) in [5.74, 6) is -0.256. The SMILES string of the molecule is CCCCOC(=O)c1nn2c(CNS(C)(=O)=O)nnc2/c1=C\c1ccc(N(CC)CCCC)s1. The van der Waals surface area contributed by atoms with Gasteiger partial charge in [0.1, 0.15) is 0 Å². The molecule has 0 amide bonds. The Labute approximate surface area is 204 Å². The molecule has 0 atom stereocenters. The average molecular weight is 509 g/mol. The number of fused-ring (bicyclic) bond motifs is 1. The van der Waals surface area contributed by atoms with Crippen LogP contribution in [0, 0.1) is 0 Å². The number of sulfonamides is 1. The number of carbonyl (C=O) groups is 1. The maximum atomic E-state index is 12.8. The molecule has 0 radical (unpaired) electrons. The lowest BCUT2D eigenvalue weighted by molar-refractivity contribution is 0.0491. The van der Waals surface area contributed by atoms with Crippen LogP contribution in [0.4, 0.5) is 5.00 Å². The maximum absolute atomic E-state index is 12.8. The fraction of sp³-hybridized carbons (Fsp3) is 0.545. The van der Waals surface area contributed by atoms with Crippen molar-refractivity contribution in [2.24, 2.45) is 0 Å². The molecule has 0 aliphatic carbocycles. The molecule has 12 heteroatoms. The van der Waals surface area contributed by atoms with Crippen molar-refractivity contribution in [1.82, 2.24) is 24.5 Å². The highest BCUT2D eigenvalue weighted by Gasteiger charge is 2.21. The summed E-state index contributed by atoms with van der Waals surface area (Å²) in [5, 5.41) is 14.3. The van der Waals surface area contributed by atoms with Gasteiger partial charge in [0.05, 0.1) is 29.6 Å². The Kier molecular flexibility index (Phi) is 8.97. The minimum Gasteiger partial charge on any atom is -0.461 e. The van der Waals surface area contributed by atoms with Crippen LogP contribution in [-0.4, -0.2) is 60.2 Å². The van der Waals surface area contributed by atoms with E-state index in [-0.39, 0.29) is 18.1 Å². The van der Waals surface area contributed by atoms with Crippen molar-refractivity contribution < 1.29 is 17.9 Å². The Balaban J connectivity index is 2.01. The quantitative estimate of drug-likeness (QED) is 0.276. The van der Waals surface area contributed by atoms with Crippen molar-refractivity contribution >= 4 is 44.1 Å². The van der Waals surface area contributed by atoms with Crippen LogP contribution < -0.4 is 14.8 Å². The highest BCUT2D eigenvalue weighted by Crippen LogP contribution is 2.27. The first-order valence-electron chi connectivity index (χ1n) is 11.5. The largest absolute Gasteiger partial charge is 0.461 e. The van der Waals surface area contributed by atoms with Gasteiger partial charge in [-0.3, -0.25) is 0 Å². The summed E-state index contributed by atoms with van der Waals surface area (Å²) in [6.45, 7) is 8.44. The van der Waals surface area contributed by atoms with E-state index in [1.807, 2.05) is 19.1 Å². The zero-order valence-corrected chi connectivity index (χ0v) is 21.7. The lowest BCUT2D eigenvalue weighted by Crippen LogP contribution is -2.22. The predicted octanol–water partition coefficient (Wildman–Crippen LogP) is 2.37. The normalized spacial score (nSPS) is 12.5. The third-order valence-corrected chi connectivity index (χ3v) is 6.95. The minimum atomic E-state index is -3.43. The molecule has 0 aliphatic rings. The van der Waals surface area contributed by atoms with E-state index in [0.717, 1.165) is 54.9 Å². The molecule has 0 aromatic carbocycles. The fourth-order valence-corrected chi connectivity index (χ4v) is 4.75. The topological polar surface area (TPSA) is 119 Å². The first-order chi connectivity index (χ1) is 16.3. The first kappa shape index (κ1) is 26.0. The molecule has 0 spiro atoms. The highest BCUT2D eigenvalue weighted by molar-refractivity contribution is 7.88. The summed E-state index contributed by atoms with van der Waals surface area (Å²) in [7, 11) is -3.43. The van der Waals surface area contributed by atoms with E-state index in [4.69, 9.17) is 4.74 Å². The lowest BCUT2D eigenvalue weighted by atomic mass is 10.3. The number of anilines is 1. The second-order valence-corrected chi connectivity index (χ2v) is 10.9. The predicted molar refractivity (Wildman–Crippen MR) is 134 cm³/mol. The number of hydrogen-bond donors (Lipinski definition) is 1. The molecule has 0 saturated carbocycles. The summed E-state index contributed by atoms with van der Waals surface area (Å²) in [5.41, 5.74) is 0.510. The van der Waals surface area contributed by atoms with E-state index in [9.17, 15) is 13.2 Å². The Morgan fingerprint density at radius 2 is 1.97 bits per heavy atom. The van der Waals surface area contributed by atoms with Crippen LogP contribution in [0.15, 0.2) is 12.1 Å².